The topological polar surface area (TPSA) is 64.0 Å². The number of carbonyl (C=O) groups is 1. The first-order valence-corrected chi connectivity index (χ1v) is 9.89. The molecule has 0 saturated carbocycles. The Balaban J connectivity index is 1.87. The van der Waals surface area contributed by atoms with Gasteiger partial charge in [-0.25, -0.2) is 4.98 Å². The van der Waals surface area contributed by atoms with Crippen molar-refractivity contribution in [1.29, 1.82) is 0 Å². The quantitative estimate of drug-likeness (QED) is 0.442. The molecule has 0 bridgehead atoms. The number of hydrogen-bond acceptors (Lipinski definition) is 3. The van der Waals surface area contributed by atoms with Crippen LogP contribution in [0.1, 0.15) is 11.4 Å². The van der Waals surface area contributed by atoms with Crippen LogP contribution in [0.2, 0.25) is 10.0 Å². The molecule has 30 heavy (non-hydrogen) atoms. The van der Waals surface area contributed by atoms with E-state index in [1.807, 2.05) is 24.3 Å². The van der Waals surface area contributed by atoms with Crippen LogP contribution >= 0.6 is 23.2 Å². The van der Waals surface area contributed by atoms with Crippen molar-refractivity contribution < 1.29 is 4.79 Å². The number of halogens is 2. The number of aromatic nitrogens is 2. The molecular formula is C23H13Cl2N3O2. The minimum absolute atomic E-state index is 0.260. The third-order valence-electron chi connectivity index (χ3n) is 4.95. The predicted molar refractivity (Wildman–Crippen MR) is 120 cm³/mol. The maximum atomic E-state index is 13.4. The number of hydrogen-bond donors (Lipinski definition) is 1. The van der Waals surface area contributed by atoms with Crippen LogP contribution in [-0.2, 0) is 4.79 Å². The van der Waals surface area contributed by atoms with Gasteiger partial charge >= 0.3 is 0 Å². The molecule has 5 nitrogen and oxygen atoms in total. The maximum Gasteiger partial charge on any atom is 0.266 e. The highest BCUT2D eigenvalue weighted by molar-refractivity contribution is 6.38. The SMILES string of the molecule is O=C1Nc2ccccc2C1=Cc1nc2ccccc2c(=O)n1-c1c(Cl)cccc1Cl. The summed E-state index contributed by atoms with van der Waals surface area (Å²) in [6.07, 6.45) is 1.59. The van der Waals surface area contributed by atoms with E-state index in [0.29, 0.717) is 37.9 Å². The largest absolute Gasteiger partial charge is 0.321 e. The minimum atomic E-state index is -0.325. The van der Waals surface area contributed by atoms with Crippen LogP contribution in [0.4, 0.5) is 5.69 Å². The molecular weight excluding hydrogens is 421 g/mol. The van der Waals surface area contributed by atoms with Crippen LogP contribution in [0.3, 0.4) is 0 Å². The highest BCUT2D eigenvalue weighted by Gasteiger charge is 2.25. The van der Waals surface area contributed by atoms with E-state index < -0.39 is 0 Å². The molecule has 7 heteroatoms. The van der Waals surface area contributed by atoms with Gasteiger partial charge < -0.3 is 5.32 Å². The van der Waals surface area contributed by atoms with E-state index in [0.717, 1.165) is 5.56 Å². The summed E-state index contributed by atoms with van der Waals surface area (Å²) in [6, 6.07) is 19.4. The first-order valence-electron chi connectivity index (χ1n) is 9.13. The van der Waals surface area contributed by atoms with Crippen molar-refractivity contribution in [3.8, 4) is 5.69 Å². The van der Waals surface area contributed by atoms with Gasteiger partial charge in [0.1, 0.15) is 5.82 Å². The van der Waals surface area contributed by atoms with Gasteiger partial charge in [-0.1, -0.05) is 59.6 Å². The van der Waals surface area contributed by atoms with Gasteiger partial charge in [0.2, 0.25) is 0 Å². The van der Waals surface area contributed by atoms with Gasteiger partial charge in [-0.3, -0.25) is 14.2 Å². The molecule has 0 radical (unpaired) electrons. The number of benzene rings is 3. The van der Waals surface area contributed by atoms with Gasteiger partial charge in [0.15, 0.2) is 0 Å². The lowest BCUT2D eigenvalue weighted by molar-refractivity contribution is -0.110. The number of para-hydroxylation sites is 3. The van der Waals surface area contributed by atoms with Gasteiger partial charge in [0.25, 0.3) is 11.5 Å². The average molecular weight is 434 g/mol. The zero-order valence-electron chi connectivity index (χ0n) is 15.4. The number of nitrogens with one attached hydrogen (secondary N) is 1. The number of amides is 1. The third kappa shape index (κ3) is 2.91. The van der Waals surface area contributed by atoms with Crippen molar-refractivity contribution in [3.63, 3.8) is 0 Å². The molecule has 0 unspecified atom stereocenters. The number of carbonyl (C=O) groups excluding carboxylic acids is 1. The van der Waals surface area contributed by atoms with Crippen molar-refractivity contribution in [2.45, 2.75) is 0 Å². The molecule has 2 heterocycles. The summed E-state index contributed by atoms with van der Waals surface area (Å²) < 4.78 is 1.36. The van der Waals surface area contributed by atoms with Crippen molar-refractivity contribution >= 4 is 57.3 Å². The second-order valence-electron chi connectivity index (χ2n) is 6.76. The van der Waals surface area contributed by atoms with Crippen molar-refractivity contribution in [2.75, 3.05) is 5.32 Å². The van der Waals surface area contributed by atoms with E-state index in [1.54, 1.807) is 48.5 Å². The second-order valence-corrected chi connectivity index (χ2v) is 7.57. The summed E-state index contributed by atoms with van der Waals surface area (Å²) in [5.41, 5.74) is 2.36. The minimum Gasteiger partial charge on any atom is -0.321 e. The molecule has 0 aliphatic carbocycles. The Labute approximate surface area is 181 Å². The number of nitrogens with zero attached hydrogens (tertiary/aromatic N) is 2. The first kappa shape index (κ1) is 18.6. The van der Waals surface area contributed by atoms with Crippen molar-refractivity contribution in [2.24, 2.45) is 0 Å². The van der Waals surface area contributed by atoms with Gasteiger partial charge in [-0.05, 0) is 36.4 Å². The lowest BCUT2D eigenvalue weighted by Gasteiger charge is -2.14. The fourth-order valence-electron chi connectivity index (χ4n) is 3.58. The summed E-state index contributed by atoms with van der Waals surface area (Å²) in [4.78, 5) is 30.7. The third-order valence-corrected chi connectivity index (χ3v) is 5.56. The van der Waals surface area contributed by atoms with Crippen LogP contribution < -0.4 is 10.9 Å². The molecule has 1 aliphatic rings. The lowest BCUT2D eigenvalue weighted by atomic mass is 10.1. The monoisotopic (exact) mass is 433 g/mol. The van der Waals surface area contributed by atoms with Crippen LogP contribution in [0.5, 0.6) is 0 Å². The number of anilines is 1. The Bertz CT molecular complexity index is 1420. The molecule has 1 aromatic heterocycles. The van der Waals surface area contributed by atoms with E-state index in [9.17, 15) is 9.59 Å². The Kier molecular flexibility index (Phi) is 4.42. The molecule has 1 amide bonds. The van der Waals surface area contributed by atoms with Gasteiger partial charge in [0, 0.05) is 11.3 Å². The Morgan fingerprint density at radius 3 is 2.37 bits per heavy atom. The molecule has 5 rings (SSSR count). The standard InChI is InChI=1S/C23H13Cl2N3O2/c24-16-8-5-9-17(25)21(16)28-20(26-19-11-4-2-7-14(19)23(28)30)12-15-13-6-1-3-10-18(13)27-22(15)29/h1-12H,(H,27,29). The fourth-order valence-corrected chi connectivity index (χ4v) is 4.14. The van der Waals surface area contributed by atoms with Crippen molar-refractivity contribution in [3.05, 3.63) is 98.5 Å². The smallest absolute Gasteiger partial charge is 0.266 e. The number of fused-ring (bicyclic) bond motifs is 2. The van der Waals surface area contributed by atoms with E-state index in [2.05, 4.69) is 10.3 Å². The molecule has 1 aliphatic heterocycles. The second kappa shape index (κ2) is 7.13. The molecule has 1 N–H and O–H groups in total. The molecule has 0 saturated heterocycles. The van der Waals surface area contributed by atoms with Crippen LogP contribution in [0.25, 0.3) is 28.2 Å². The predicted octanol–water partition coefficient (Wildman–Crippen LogP) is 5.19. The van der Waals surface area contributed by atoms with E-state index >= 15 is 0 Å². The van der Waals surface area contributed by atoms with E-state index in [1.165, 1.54) is 4.57 Å². The van der Waals surface area contributed by atoms with Crippen LogP contribution in [0, 0.1) is 0 Å². The van der Waals surface area contributed by atoms with Gasteiger partial charge in [0.05, 0.1) is 32.2 Å². The summed E-state index contributed by atoms with van der Waals surface area (Å²) in [5.74, 6) is -0.00836. The highest BCUT2D eigenvalue weighted by atomic mass is 35.5. The molecule has 146 valence electrons. The molecule has 4 aromatic rings. The Morgan fingerprint density at radius 1 is 0.867 bits per heavy atom. The Hall–Kier alpha value is -3.41. The van der Waals surface area contributed by atoms with E-state index in [-0.39, 0.29) is 17.3 Å². The zero-order chi connectivity index (χ0) is 20.8. The van der Waals surface area contributed by atoms with Gasteiger partial charge in [-0.2, -0.15) is 0 Å². The Morgan fingerprint density at radius 2 is 1.57 bits per heavy atom. The summed E-state index contributed by atoms with van der Waals surface area (Å²) in [7, 11) is 0. The normalized spacial score (nSPS) is 14.2. The van der Waals surface area contributed by atoms with Crippen LogP contribution in [-0.4, -0.2) is 15.5 Å². The highest BCUT2D eigenvalue weighted by Crippen LogP contribution is 2.34. The van der Waals surface area contributed by atoms with Gasteiger partial charge in [-0.15, -0.1) is 0 Å². The molecule has 0 fully saturated rings. The van der Waals surface area contributed by atoms with Crippen molar-refractivity contribution in [1.82, 2.24) is 9.55 Å². The summed E-state index contributed by atoms with van der Waals surface area (Å²) in [5, 5.41) is 3.86. The molecule has 3 aromatic carbocycles. The maximum absolute atomic E-state index is 13.4. The lowest BCUT2D eigenvalue weighted by Crippen LogP contribution is -2.23. The first-order chi connectivity index (χ1) is 14.5. The van der Waals surface area contributed by atoms with E-state index in [4.69, 9.17) is 23.2 Å². The summed E-state index contributed by atoms with van der Waals surface area (Å²) >= 11 is 12.8. The average Bonchev–Trinajstić information content (AvgIpc) is 3.05. The zero-order valence-corrected chi connectivity index (χ0v) is 16.9. The molecule has 0 atom stereocenters. The summed E-state index contributed by atoms with van der Waals surface area (Å²) in [6.45, 7) is 0. The van der Waals surface area contributed by atoms with Crippen LogP contribution in [0.15, 0.2) is 71.5 Å². The molecule has 0 spiro atoms. The number of rotatable bonds is 2. The fraction of sp³-hybridized carbons (Fsp3) is 0.